The maximum atomic E-state index is 5.48. The molecule has 0 aliphatic heterocycles. The fraction of sp³-hybridized carbons (Fsp3) is 0.625. The smallest absolute Gasteiger partial charge is 0.197 e. The first kappa shape index (κ1) is 6.70. The molecule has 11 heavy (non-hydrogen) atoms. The van der Waals surface area contributed by atoms with E-state index in [2.05, 4.69) is 9.97 Å². The van der Waals surface area contributed by atoms with Crippen LogP contribution in [0, 0.1) is 0 Å². The van der Waals surface area contributed by atoms with Crippen LogP contribution in [0.1, 0.15) is 37.3 Å². The van der Waals surface area contributed by atoms with E-state index in [1.165, 1.54) is 31.4 Å². The van der Waals surface area contributed by atoms with Gasteiger partial charge in [-0.3, -0.25) is 0 Å². The lowest BCUT2D eigenvalue weighted by molar-refractivity contribution is 0.703. The average Bonchev–Trinajstić information content (AvgIpc) is 2.55. The second kappa shape index (κ2) is 2.57. The third-order valence-electron chi connectivity index (χ3n) is 2.41. The van der Waals surface area contributed by atoms with Crippen molar-refractivity contribution in [3.63, 3.8) is 0 Å². The monoisotopic (exact) mass is 151 g/mol. The number of hydrogen-bond donors (Lipinski definition) is 2. The minimum absolute atomic E-state index is 0.548. The largest absolute Gasteiger partial charge is 0.369 e. The number of H-pyrrole nitrogens is 1. The minimum Gasteiger partial charge on any atom is -0.369 e. The molecule has 1 fully saturated rings. The maximum Gasteiger partial charge on any atom is 0.197 e. The van der Waals surface area contributed by atoms with E-state index in [4.69, 9.17) is 5.73 Å². The Morgan fingerprint density at radius 2 is 2.18 bits per heavy atom. The number of anilines is 1. The Bertz CT molecular complexity index is 235. The number of aromatic nitrogens is 2. The van der Waals surface area contributed by atoms with Crippen molar-refractivity contribution in [2.75, 3.05) is 5.73 Å². The van der Waals surface area contributed by atoms with Crippen LogP contribution in [0.3, 0.4) is 0 Å². The van der Waals surface area contributed by atoms with Crippen molar-refractivity contribution in [1.29, 1.82) is 0 Å². The molecular formula is C8H13N3. The molecule has 1 heterocycles. The summed E-state index contributed by atoms with van der Waals surface area (Å²) in [7, 11) is 0. The Labute approximate surface area is 66.0 Å². The van der Waals surface area contributed by atoms with Crippen LogP contribution in [0.5, 0.6) is 0 Å². The second-order valence-electron chi connectivity index (χ2n) is 3.21. The zero-order valence-corrected chi connectivity index (χ0v) is 6.51. The van der Waals surface area contributed by atoms with Crippen LogP contribution < -0.4 is 5.73 Å². The fourth-order valence-electron chi connectivity index (χ4n) is 1.80. The molecule has 1 aliphatic rings. The van der Waals surface area contributed by atoms with Crippen LogP contribution in [0.25, 0.3) is 0 Å². The highest BCUT2D eigenvalue weighted by molar-refractivity contribution is 5.21. The van der Waals surface area contributed by atoms with Crippen molar-refractivity contribution in [2.45, 2.75) is 31.6 Å². The van der Waals surface area contributed by atoms with Crippen molar-refractivity contribution in [3.05, 3.63) is 11.9 Å². The van der Waals surface area contributed by atoms with Gasteiger partial charge >= 0.3 is 0 Å². The molecule has 0 spiro atoms. The molecule has 0 saturated heterocycles. The van der Waals surface area contributed by atoms with Gasteiger partial charge in [-0.05, 0) is 12.8 Å². The van der Waals surface area contributed by atoms with Gasteiger partial charge in [0.15, 0.2) is 5.95 Å². The average molecular weight is 151 g/mol. The lowest BCUT2D eigenvalue weighted by Gasteiger charge is -2.03. The van der Waals surface area contributed by atoms with Gasteiger partial charge in [-0.15, -0.1) is 0 Å². The standard InChI is InChI=1S/C8H13N3/c9-8-10-5-7(11-8)6-3-1-2-4-6/h5-6H,1-4H2,(H3,9,10,11). The van der Waals surface area contributed by atoms with Crippen LogP contribution in [-0.4, -0.2) is 9.97 Å². The second-order valence-corrected chi connectivity index (χ2v) is 3.21. The molecule has 0 atom stereocenters. The number of rotatable bonds is 1. The summed E-state index contributed by atoms with van der Waals surface area (Å²) in [5.41, 5.74) is 6.70. The Balaban J connectivity index is 2.15. The lowest BCUT2D eigenvalue weighted by atomic mass is 10.1. The molecule has 2 rings (SSSR count). The number of nitrogens with zero attached hydrogens (tertiary/aromatic N) is 1. The quantitative estimate of drug-likeness (QED) is 0.641. The van der Waals surface area contributed by atoms with Gasteiger partial charge in [0, 0.05) is 11.6 Å². The molecule has 3 N–H and O–H groups in total. The highest BCUT2D eigenvalue weighted by atomic mass is 15.0. The van der Waals surface area contributed by atoms with Gasteiger partial charge < -0.3 is 10.7 Å². The topological polar surface area (TPSA) is 54.7 Å². The Morgan fingerprint density at radius 1 is 1.45 bits per heavy atom. The van der Waals surface area contributed by atoms with Crippen LogP contribution >= 0.6 is 0 Å². The number of nitrogen functional groups attached to an aromatic ring is 1. The number of imidazole rings is 1. The van der Waals surface area contributed by atoms with Gasteiger partial charge in [-0.25, -0.2) is 4.98 Å². The molecule has 1 aliphatic carbocycles. The van der Waals surface area contributed by atoms with E-state index in [-0.39, 0.29) is 0 Å². The van der Waals surface area contributed by atoms with E-state index >= 15 is 0 Å². The van der Waals surface area contributed by atoms with E-state index in [1.54, 1.807) is 0 Å². The van der Waals surface area contributed by atoms with E-state index in [9.17, 15) is 0 Å². The Kier molecular flexibility index (Phi) is 1.56. The number of hydrogen-bond acceptors (Lipinski definition) is 2. The summed E-state index contributed by atoms with van der Waals surface area (Å²) in [5, 5.41) is 0. The summed E-state index contributed by atoms with van der Waals surface area (Å²) in [5.74, 6) is 1.24. The van der Waals surface area contributed by atoms with E-state index in [1.807, 2.05) is 6.20 Å². The molecule has 0 bridgehead atoms. The molecule has 60 valence electrons. The third kappa shape index (κ3) is 1.23. The molecule has 0 radical (unpaired) electrons. The normalized spacial score (nSPS) is 19.3. The summed E-state index contributed by atoms with van der Waals surface area (Å²) in [6.45, 7) is 0. The molecule has 0 aromatic carbocycles. The van der Waals surface area contributed by atoms with Gasteiger partial charge in [0.2, 0.25) is 0 Å². The van der Waals surface area contributed by atoms with Crippen molar-refractivity contribution in [3.8, 4) is 0 Å². The van der Waals surface area contributed by atoms with Crippen molar-refractivity contribution < 1.29 is 0 Å². The first-order chi connectivity index (χ1) is 5.36. The zero-order chi connectivity index (χ0) is 7.68. The molecule has 3 heteroatoms. The lowest BCUT2D eigenvalue weighted by Crippen LogP contribution is -1.92. The number of nitrogens with two attached hydrogens (primary N) is 1. The van der Waals surface area contributed by atoms with Gasteiger partial charge in [0.25, 0.3) is 0 Å². The molecule has 0 amide bonds. The molecule has 3 nitrogen and oxygen atoms in total. The molecular weight excluding hydrogens is 138 g/mol. The maximum absolute atomic E-state index is 5.48. The van der Waals surface area contributed by atoms with E-state index in [0.29, 0.717) is 11.9 Å². The van der Waals surface area contributed by atoms with Gasteiger partial charge in [-0.2, -0.15) is 0 Å². The number of aromatic amines is 1. The van der Waals surface area contributed by atoms with Crippen molar-refractivity contribution in [1.82, 2.24) is 9.97 Å². The zero-order valence-electron chi connectivity index (χ0n) is 6.51. The summed E-state index contributed by atoms with van der Waals surface area (Å²) < 4.78 is 0. The SMILES string of the molecule is Nc1ncc(C2CCCC2)[nH]1. The van der Waals surface area contributed by atoms with Crippen molar-refractivity contribution in [2.24, 2.45) is 0 Å². The van der Waals surface area contributed by atoms with Crippen molar-refractivity contribution >= 4 is 5.95 Å². The summed E-state index contributed by atoms with van der Waals surface area (Å²) in [6, 6.07) is 0. The predicted octanol–water partition coefficient (Wildman–Crippen LogP) is 1.65. The molecule has 1 aromatic rings. The minimum atomic E-state index is 0.548. The van der Waals surface area contributed by atoms with Crippen LogP contribution in [0.15, 0.2) is 6.20 Å². The van der Waals surface area contributed by atoms with Gasteiger partial charge in [0.1, 0.15) is 0 Å². The first-order valence-corrected chi connectivity index (χ1v) is 4.16. The highest BCUT2D eigenvalue weighted by Crippen LogP contribution is 2.32. The highest BCUT2D eigenvalue weighted by Gasteiger charge is 2.18. The predicted molar refractivity (Wildman–Crippen MR) is 44.2 cm³/mol. The summed E-state index contributed by atoms with van der Waals surface area (Å²) >= 11 is 0. The molecule has 1 saturated carbocycles. The van der Waals surface area contributed by atoms with Gasteiger partial charge in [-0.1, -0.05) is 12.8 Å². The molecule has 0 unspecified atom stereocenters. The van der Waals surface area contributed by atoms with Crippen LogP contribution in [-0.2, 0) is 0 Å². The third-order valence-corrected chi connectivity index (χ3v) is 2.41. The Morgan fingerprint density at radius 3 is 2.73 bits per heavy atom. The van der Waals surface area contributed by atoms with Gasteiger partial charge in [0.05, 0.1) is 6.20 Å². The number of nitrogens with one attached hydrogen (secondary N) is 1. The van der Waals surface area contributed by atoms with Crippen LogP contribution in [0.2, 0.25) is 0 Å². The first-order valence-electron chi connectivity index (χ1n) is 4.16. The summed E-state index contributed by atoms with van der Waals surface area (Å²) in [4.78, 5) is 7.07. The fourth-order valence-corrected chi connectivity index (χ4v) is 1.80. The van der Waals surface area contributed by atoms with E-state index in [0.717, 1.165) is 0 Å². The van der Waals surface area contributed by atoms with E-state index < -0.39 is 0 Å². The Hall–Kier alpha value is -0.990. The summed E-state index contributed by atoms with van der Waals surface area (Å²) in [6.07, 6.45) is 7.15. The van der Waals surface area contributed by atoms with Crippen LogP contribution in [0.4, 0.5) is 5.95 Å². The molecule has 1 aromatic heterocycles.